The number of halogens is 4. The van der Waals surface area contributed by atoms with Gasteiger partial charge < -0.3 is 4.74 Å². The maximum Gasteiger partial charge on any atom is 0.270 e. The summed E-state index contributed by atoms with van der Waals surface area (Å²) in [4.78, 5) is 46.4. The van der Waals surface area contributed by atoms with Crippen LogP contribution in [0.15, 0.2) is 46.8 Å². The second-order valence-electron chi connectivity index (χ2n) is 13.9. The lowest BCUT2D eigenvalue weighted by atomic mass is 9.78. The van der Waals surface area contributed by atoms with Crippen LogP contribution in [0.4, 0.5) is 17.6 Å². The number of thiazole rings is 2. The maximum absolute atomic E-state index is 14.4. The van der Waals surface area contributed by atoms with Gasteiger partial charge in [0.25, 0.3) is 11.4 Å². The second kappa shape index (κ2) is 13.2. The van der Waals surface area contributed by atoms with Crippen LogP contribution in [0.5, 0.6) is 5.75 Å². The van der Waals surface area contributed by atoms with Gasteiger partial charge in [-0.25, -0.2) is 47.7 Å². The number of carbonyl (C=O) groups excluding carboxylic acids is 2. The lowest BCUT2D eigenvalue weighted by molar-refractivity contribution is 0.0282. The van der Waals surface area contributed by atoms with E-state index < -0.39 is 51.8 Å². The molecule has 0 radical (unpaired) electrons. The van der Waals surface area contributed by atoms with Crippen LogP contribution < -0.4 is 4.74 Å². The SMILES string of the molecule is [C-]#[N+]C(C#N)=C1/C(=C/c2nc3sc4c(c3s2)OC2(CCCCC2)c2c-4sc3nc(/C=C4\C(=O)c5cc(F)c(F)cc5\C4=C(\C#N)[N+]#[C-])sc23)C(=O)c2cc(F)c(F)cc21. The smallest absolute Gasteiger partial charge is 0.270 e. The van der Waals surface area contributed by atoms with Gasteiger partial charge in [0, 0.05) is 39.0 Å². The topological polar surface area (TPSA) is 125 Å². The summed E-state index contributed by atoms with van der Waals surface area (Å²) in [6, 6.07) is 6.74. The standard InChI is InChI=1S/C42H16F4N6O3S4/c1-49-26(14-47)30-16-8-22(43)24(45)10-18(16)33(53)20(30)12-28-51-40-37(56-28)32-36(58-40)38-35(55-42(32)6-4-3-5-7-42)39-41(59-38)52-29(57-39)13-21-31(27(15-48)50-2)17-9-23(44)25(46)11-19(17)34(21)54/h8-13H,3-7H2/b20-12-,21-13-,30-26+,31-27?. The van der Waals surface area contributed by atoms with Gasteiger partial charge in [-0.15, -0.1) is 45.3 Å². The predicted octanol–water partition coefficient (Wildman–Crippen LogP) is 11.7. The zero-order valence-electron chi connectivity index (χ0n) is 29.6. The average Bonchev–Trinajstić information content (AvgIpc) is 4.05. The normalized spacial score (nSPS) is 19.3. The number of aromatic nitrogens is 2. The van der Waals surface area contributed by atoms with Crippen LogP contribution in [0.1, 0.15) is 79.5 Å². The van der Waals surface area contributed by atoms with Crippen molar-refractivity contribution >= 4 is 99.3 Å². The Morgan fingerprint density at radius 2 is 1.15 bits per heavy atom. The van der Waals surface area contributed by atoms with Crippen molar-refractivity contribution in [2.24, 2.45) is 0 Å². The number of nitrogens with zero attached hydrogens (tertiary/aromatic N) is 6. The highest BCUT2D eigenvalue weighted by atomic mass is 32.1. The number of hydrogen-bond donors (Lipinski definition) is 0. The highest BCUT2D eigenvalue weighted by molar-refractivity contribution is 7.34. The zero-order valence-corrected chi connectivity index (χ0v) is 32.8. The molecule has 59 heavy (non-hydrogen) atoms. The molecule has 17 heteroatoms. The Bertz CT molecular complexity index is 3300. The molecule has 0 bridgehead atoms. The Morgan fingerprint density at radius 3 is 1.64 bits per heavy atom. The number of benzene rings is 2. The molecule has 6 aromatic rings. The summed E-state index contributed by atoms with van der Waals surface area (Å²) in [6.45, 7) is 15.1. The quantitative estimate of drug-likeness (QED) is 0.0734. The van der Waals surface area contributed by atoms with Crippen LogP contribution in [-0.2, 0) is 5.60 Å². The lowest BCUT2D eigenvalue weighted by Crippen LogP contribution is -2.37. The van der Waals surface area contributed by atoms with Gasteiger partial charge in [-0.1, -0.05) is 6.42 Å². The minimum absolute atomic E-state index is 0.0333. The van der Waals surface area contributed by atoms with Gasteiger partial charge in [0.15, 0.2) is 40.6 Å². The van der Waals surface area contributed by atoms with Crippen LogP contribution in [0.3, 0.4) is 0 Å². The number of rotatable bonds is 2. The summed E-state index contributed by atoms with van der Waals surface area (Å²) in [5.41, 5.74) is -1.32. The van der Waals surface area contributed by atoms with Crippen LogP contribution in [-0.4, -0.2) is 21.5 Å². The minimum atomic E-state index is -1.23. The van der Waals surface area contributed by atoms with Crippen LogP contribution in [0.25, 0.3) is 61.8 Å². The molecular formula is C42H16F4N6O3S4. The Kier molecular flexibility index (Phi) is 8.22. The lowest BCUT2D eigenvalue weighted by Gasteiger charge is -2.40. The Labute approximate surface area is 346 Å². The van der Waals surface area contributed by atoms with Crippen LogP contribution in [0, 0.1) is 59.1 Å². The summed E-state index contributed by atoms with van der Waals surface area (Å²) in [6.07, 6.45) is 7.07. The van der Waals surface area contributed by atoms with Gasteiger partial charge >= 0.3 is 0 Å². The maximum atomic E-state index is 14.4. The molecule has 3 aliphatic carbocycles. The Morgan fingerprint density at radius 1 is 0.695 bits per heavy atom. The number of hydrogen-bond acceptors (Lipinski definition) is 11. The van der Waals surface area contributed by atoms with E-state index in [1.807, 2.05) is 0 Å². The monoisotopic (exact) mass is 856 g/mol. The largest absolute Gasteiger partial charge is 0.479 e. The van der Waals surface area contributed by atoms with E-state index in [0.29, 0.717) is 38.3 Å². The van der Waals surface area contributed by atoms with Crippen molar-refractivity contribution < 1.29 is 31.9 Å². The molecule has 10 rings (SSSR count). The third-order valence-corrected chi connectivity index (χ3v) is 15.3. The fourth-order valence-corrected chi connectivity index (χ4v) is 13.2. The van der Waals surface area contributed by atoms with E-state index in [0.717, 1.165) is 68.2 Å². The van der Waals surface area contributed by atoms with E-state index in [1.54, 1.807) is 12.1 Å². The first-order valence-electron chi connectivity index (χ1n) is 17.6. The van der Waals surface area contributed by atoms with Gasteiger partial charge in [-0.3, -0.25) is 9.59 Å². The third-order valence-electron chi connectivity index (χ3n) is 10.7. The molecule has 0 saturated heterocycles. The van der Waals surface area contributed by atoms with E-state index in [2.05, 4.69) is 9.69 Å². The fraction of sp³-hybridized carbons (Fsp3) is 0.143. The zero-order chi connectivity index (χ0) is 41.1. The van der Waals surface area contributed by atoms with Gasteiger partial charge in [-0.2, -0.15) is 0 Å². The number of Topliss-reactive ketones (excluding diaryl/α,β-unsaturated/α-hetero) is 2. The van der Waals surface area contributed by atoms with E-state index in [9.17, 15) is 37.7 Å². The Hall–Kier alpha value is -6.60. The molecule has 4 aromatic heterocycles. The van der Waals surface area contributed by atoms with Crippen LogP contribution >= 0.6 is 45.3 Å². The minimum Gasteiger partial charge on any atom is -0.479 e. The molecule has 284 valence electrons. The van der Waals surface area contributed by atoms with E-state index in [1.165, 1.54) is 57.5 Å². The molecule has 0 unspecified atom stereocenters. The first-order chi connectivity index (χ1) is 28.5. The van der Waals surface area contributed by atoms with E-state index in [4.69, 9.17) is 27.8 Å². The van der Waals surface area contributed by atoms with Crippen molar-refractivity contribution in [3.63, 3.8) is 0 Å². The van der Waals surface area contributed by atoms with Gasteiger partial charge in [0.1, 0.15) is 30.0 Å². The molecule has 1 spiro atoms. The van der Waals surface area contributed by atoms with Gasteiger partial charge in [-0.05, 0) is 73.2 Å². The number of carbonyl (C=O) groups is 2. The van der Waals surface area contributed by atoms with E-state index in [-0.39, 0.29) is 44.5 Å². The molecule has 0 N–H and O–H groups in total. The number of ketones is 2. The average molecular weight is 857 g/mol. The molecule has 1 fully saturated rings. The third kappa shape index (κ3) is 5.26. The van der Waals surface area contributed by atoms with Crippen molar-refractivity contribution in [1.82, 2.24) is 9.97 Å². The summed E-state index contributed by atoms with van der Waals surface area (Å²) < 4.78 is 65.8. The fourth-order valence-electron chi connectivity index (χ4n) is 8.24. The highest BCUT2D eigenvalue weighted by Gasteiger charge is 2.47. The van der Waals surface area contributed by atoms with Crippen molar-refractivity contribution in [2.75, 3.05) is 0 Å². The number of allylic oxidation sites excluding steroid dienone is 6. The Balaban J connectivity index is 1.09. The summed E-state index contributed by atoms with van der Waals surface area (Å²) in [7, 11) is 0. The van der Waals surface area contributed by atoms with Gasteiger partial charge in [0.05, 0.1) is 39.7 Å². The van der Waals surface area contributed by atoms with Crippen LogP contribution in [0.2, 0.25) is 0 Å². The van der Waals surface area contributed by atoms with Crippen molar-refractivity contribution in [2.45, 2.75) is 37.7 Å². The number of thiophene rings is 2. The number of fused-ring (bicyclic) bond motifs is 10. The molecule has 0 amide bonds. The van der Waals surface area contributed by atoms with Gasteiger partial charge in [0.2, 0.25) is 0 Å². The highest BCUT2D eigenvalue weighted by Crippen LogP contribution is 2.62. The molecule has 5 heterocycles. The van der Waals surface area contributed by atoms with Crippen molar-refractivity contribution in [3.8, 4) is 27.6 Å². The first kappa shape index (κ1) is 36.7. The second-order valence-corrected chi connectivity index (χ2v) is 17.9. The van der Waals surface area contributed by atoms with Crippen molar-refractivity contribution in [3.05, 3.63) is 131 Å². The molecule has 0 atom stereocenters. The van der Waals surface area contributed by atoms with E-state index >= 15 is 0 Å². The summed E-state index contributed by atoms with van der Waals surface area (Å²) >= 11 is 5.39. The predicted molar refractivity (Wildman–Crippen MR) is 215 cm³/mol. The van der Waals surface area contributed by atoms with Crippen molar-refractivity contribution in [1.29, 1.82) is 10.5 Å². The molecule has 9 nitrogen and oxygen atoms in total. The number of nitriles is 2. The number of ether oxygens (including phenoxy) is 1. The molecule has 1 saturated carbocycles. The molecule has 4 aliphatic rings. The first-order valence-corrected chi connectivity index (χ1v) is 20.9. The molecule has 2 aromatic carbocycles. The summed E-state index contributed by atoms with van der Waals surface area (Å²) in [5.74, 6) is -5.57. The molecule has 1 aliphatic heterocycles. The summed E-state index contributed by atoms with van der Waals surface area (Å²) in [5, 5.41) is 20.2. The molecular weight excluding hydrogens is 841 g/mol.